The number of rotatable bonds is 4. The third kappa shape index (κ3) is 2.22. The first-order chi connectivity index (χ1) is 7.40. The summed E-state index contributed by atoms with van der Waals surface area (Å²) in [4.78, 5) is 14.0. The first kappa shape index (κ1) is 9.45. The maximum Gasteiger partial charge on any atom is 0.293 e. The van der Waals surface area contributed by atoms with Crippen LogP contribution in [0.25, 0.3) is 11.3 Å². The van der Waals surface area contributed by atoms with Gasteiger partial charge in [-0.15, -0.1) is 0 Å². The summed E-state index contributed by atoms with van der Waals surface area (Å²) in [5.41, 5.74) is 2.70. The molecular weight excluding hydrogens is 194 g/mol. The highest BCUT2D eigenvalue weighted by molar-refractivity contribution is 5.57. The van der Waals surface area contributed by atoms with Gasteiger partial charge < -0.3 is 9.15 Å². The molecule has 15 heavy (non-hydrogen) atoms. The number of ether oxygens (including phenoxy) is 1. The smallest absolute Gasteiger partial charge is 0.293 e. The highest BCUT2D eigenvalue weighted by atomic mass is 16.5. The molecule has 0 saturated carbocycles. The van der Waals surface area contributed by atoms with E-state index in [0.29, 0.717) is 13.1 Å². The molecule has 0 spiro atoms. The number of carbonyl (C=O) groups is 1. The van der Waals surface area contributed by atoms with Gasteiger partial charge in [0, 0.05) is 5.56 Å². The highest BCUT2D eigenvalue weighted by Gasteiger charge is 2.00. The van der Waals surface area contributed by atoms with Crippen LogP contribution in [0.15, 0.2) is 41.3 Å². The van der Waals surface area contributed by atoms with Gasteiger partial charge in [-0.1, -0.05) is 24.3 Å². The molecule has 2 aromatic rings. The molecule has 0 atom stereocenters. The van der Waals surface area contributed by atoms with Gasteiger partial charge in [0.25, 0.3) is 6.47 Å². The SMILES string of the molecule is O=COCc1ccc(-c2cocn2)cc1. The fraction of sp³-hybridized carbons (Fsp3) is 0.0909. The first-order valence-corrected chi connectivity index (χ1v) is 4.43. The summed E-state index contributed by atoms with van der Waals surface area (Å²) in [6.07, 6.45) is 2.97. The van der Waals surface area contributed by atoms with Crippen molar-refractivity contribution < 1.29 is 13.9 Å². The second-order valence-corrected chi connectivity index (χ2v) is 2.98. The summed E-state index contributed by atoms with van der Waals surface area (Å²) in [5.74, 6) is 0. The summed E-state index contributed by atoms with van der Waals surface area (Å²) in [6, 6.07) is 7.57. The molecule has 1 aromatic carbocycles. The molecule has 1 heterocycles. The lowest BCUT2D eigenvalue weighted by Gasteiger charge is -2.00. The van der Waals surface area contributed by atoms with E-state index in [-0.39, 0.29) is 0 Å². The van der Waals surface area contributed by atoms with Crippen molar-refractivity contribution in [2.45, 2.75) is 6.61 Å². The molecule has 0 amide bonds. The van der Waals surface area contributed by atoms with E-state index in [4.69, 9.17) is 4.42 Å². The largest absolute Gasteiger partial charge is 0.463 e. The van der Waals surface area contributed by atoms with Crippen molar-refractivity contribution in [2.24, 2.45) is 0 Å². The van der Waals surface area contributed by atoms with E-state index in [2.05, 4.69) is 9.72 Å². The van der Waals surface area contributed by atoms with E-state index >= 15 is 0 Å². The Morgan fingerprint density at radius 2 is 2.13 bits per heavy atom. The van der Waals surface area contributed by atoms with Crippen molar-refractivity contribution in [3.63, 3.8) is 0 Å². The van der Waals surface area contributed by atoms with E-state index in [9.17, 15) is 4.79 Å². The molecular formula is C11H9NO3. The summed E-state index contributed by atoms with van der Waals surface area (Å²) in [6.45, 7) is 0.730. The predicted octanol–water partition coefficient (Wildman–Crippen LogP) is 2.01. The second kappa shape index (κ2) is 4.41. The zero-order valence-corrected chi connectivity index (χ0v) is 7.92. The minimum absolute atomic E-state index is 0.294. The lowest BCUT2D eigenvalue weighted by atomic mass is 10.1. The van der Waals surface area contributed by atoms with Gasteiger partial charge in [-0.25, -0.2) is 4.98 Å². The van der Waals surface area contributed by atoms with E-state index in [1.165, 1.54) is 6.39 Å². The van der Waals surface area contributed by atoms with Gasteiger partial charge in [0.2, 0.25) is 0 Å². The van der Waals surface area contributed by atoms with E-state index in [1.54, 1.807) is 6.26 Å². The summed E-state index contributed by atoms with van der Waals surface area (Å²) >= 11 is 0. The number of nitrogens with zero attached hydrogens (tertiary/aromatic N) is 1. The van der Waals surface area contributed by atoms with Gasteiger partial charge in [0.05, 0.1) is 0 Å². The molecule has 0 N–H and O–H groups in total. The van der Waals surface area contributed by atoms with Crippen molar-refractivity contribution in [3.8, 4) is 11.3 Å². The standard InChI is InChI=1S/C11H9NO3/c13-8-15-5-9-1-3-10(4-2-9)11-6-14-7-12-11/h1-4,6-8H,5H2. The third-order valence-corrected chi connectivity index (χ3v) is 2.00. The van der Waals surface area contributed by atoms with Crippen molar-refractivity contribution in [3.05, 3.63) is 42.5 Å². The van der Waals surface area contributed by atoms with E-state index < -0.39 is 0 Å². The molecule has 0 aliphatic heterocycles. The number of benzene rings is 1. The maximum absolute atomic E-state index is 9.99. The van der Waals surface area contributed by atoms with Gasteiger partial charge in [0.15, 0.2) is 6.39 Å². The monoisotopic (exact) mass is 203 g/mol. The Bertz CT molecular complexity index is 420. The summed E-state index contributed by atoms with van der Waals surface area (Å²) < 4.78 is 9.52. The van der Waals surface area contributed by atoms with Crippen LogP contribution in [0.4, 0.5) is 0 Å². The fourth-order valence-corrected chi connectivity index (χ4v) is 1.26. The predicted molar refractivity (Wildman–Crippen MR) is 52.8 cm³/mol. The minimum Gasteiger partial charge on any atom is -0.463 e. The molecule has 1 aromatic heterocycles. The fourth-order valence-electron chi connectivity index (χ4n) is 1.26. The van der Waals surface area contributed by atoms with Crippen LogP contribution in [-0.4, -0.2) is 11.5 Å². The molecule has 0 aliphatic rings. The van der Waals surface area contributed by atoms with E-state index in [0.717, 1.165) is 16.8 Å². The van der Waals surface area contributed by atoms with Crippen molar-refractivity contribution in [1.82, 2.24) is 4.98 Å². The normalized spacial score (nSPS) is 9.87. The Morgan fingerprint density at radius 3 is 2.73 bits per heavy atom. The van der Waals surface area contributed by atoms with Crippen LogP contribution in [0.3, 0.4) is 0 Å². The number of carbonyl (C=O) groups excluding carboxylic acids is 1. The third-order valence-electron chi connectivity index (χ3n) is 2.00. The summed E-state index contributed by atoms with van der Waals surface area (Å²) in [5, 5.41) is 0. The quantitative estimate of drug-likeness (QED) is 0.713. The topological polar surface area (TPSA) is 52.3 Å². The average Bonchev–Trinajstić information content (AvgIpc) is 2.80. The average molecular weight is 203 g/mol. The molecule has 0 bridgehead atoms. The maximum atomic E-state index is 9.99. The van der Waals surface area contributed by atoms with Crippen molar-refractivity contribution in [1.29, 1.82) is 0 Å². The van der Waals surface area contributed by atoms with Crippen LogP contribution < -0.4 is 0 Å². The number of hydrogen-bond acceptors (Lipinski definition) is 4. The molecule has 2 rings (SSSR count). The Balaban J connectivity index is 2.14. The Kier molecular flexibility index (Phi) is 2.78. The second-order valence-electron chi connectivity index (χ2n) is 2.98. The number of hydrogen-bond donors (Lipinski definition) is 0. The molecule has 0 saturated heterocycles. The van der Waals surface area contributed by atoms with Crippen molar-refractivity contribution in [2.75, 3.05) is 0 Å². The lowest BCUT2D eigenvalue weighted by Crippen LogP contribution is -1.89. The molecule has 76 valence electrons. The van der Waals surface area contributed by atoms with Gasteiger partial charge in [-0.3, -0.25) is 4.79 Å². The van der Waals surface area contributed by atoms with E-state index in [1.807, 2.05) is 24.3 Å². The zero-order valence-electron chi connectivity index (χ0n) is 7.92. The van der Waals surface area contributed by atoms with Crippen LogP contribution in [0, 0.1) is 0 Å². The van der Waals surface area contributed by atoms with Gasteiger partial charge >= 0.3 is 0 Å². The Morgan fingerprint density at radius 1 is 1.33 bits per heavy atom. The van der Waals surface area contributed by atoms with Crippen LogP contribution >= 0.6 is 0 Å². The van der Waals surface area contributed by atoms with Gasteiger partial charge in [-0.05, 0) is 5.56 Å². The van der Waals surface area contributed by atoms with Crippen molar-refractivity contribution >= 4 is 6.47 Å². The minimum atomic E-state index is 0.294. The van der Waals surface area contributed by atoms with Gasteiger partial charge in [-0.2, -0.15) is 0 Å². The Hall–Kier alpha value is -2.10. The lowest BCUT2D eigenvalue weighted by molar-refractivity contribution is -0.129. The molecule has 4 heteroatoms. The number of oxazole rings is 1. The van der Waals surface area contributed by atoms with Gasteiger partial charge in [0.1, 0.15) is 18.6 Å². The molecule has 0 fully saturated rings. The molecule has 0 aliphatic carbocycles. The molecule has 4 nitrogen and oxygen atoms in total. The first-order valence-electron chi connectivity index (χ1n) is 4.43. The Labute approximate surface area is 86.5 Å². The molecule has 0 unspecified atom stereocenters. The molecule has 0 radical (unpaired) electrons. The van der Waals surface area contributed by atoms with Crippen LogP contribution in [0.5, 0.6) is 0 Å². The van der Waals surface area contributed by atoms with Crippen LogP contribution in [0.1, 0.15) is 5.56 Å². The summed E-state index contributed by atoms with van der Waals surface area (Å²) in [7, 11) is 0. The van der Waals surface area contributed by atoms with Crippen LogP contribution in [0.2, 0.25) is 0 Å². The number of aromatic nitrogens is 1. The highest BCUT2D eigenvalue weighted by Crippen LogP contribution is 2.17. The zero-order chi connectivity index (χ0) is 10.5. The van der Waals surface area contributed by atoms with Crippen LogP contribution in [-0.2, 0) is 16.1 Å².